The monoisotopic (exact) mass is 413 g/mol. The quantitative estimate of drug-likeness (QED) is 0.601. The van der Waals surface area contributed by atoms with Crippen LogP contribution < -0.4 is 14.3 Å². The predicted octanol–water partition coefficient (Wildman–Crippen LogP) is 3.84. The van der Waals surface area contributed by atoms with Crippen LogP contribution in [-0.4, -0.2) is 41.4 Å². The first kappa shape index (κ1) is 20.5. The van der Waals surface area contributed by atoms with Crippen LogP contribution in [-0.2, 0) is 0 Å². The van der Waals surface area contributed by atoms with Gasteiger partial charge in [-0.25, -0.2) is 4.68 Å². The lowest BCUT2D eigenvalue weighted by molar-refractivity contribution is 0.395. The van der Waals surface area contributed by atoms with Crippen molar-refractivity contribution in [2.24, 2.45) is 10.1 Å². The van der Waals surface area contributed by atoms with Gasteiger partial charge in [-0.2, -0.15) is 5.10 Å². The van der Waals surface area contributed by atoms with Crippen molar-refractivity contribution >= 4 is 17.0 Å². The number of hydrogen-bond donors (Lipinski definition) is 2. The number of aromatic nitrogens is 1. The molecule has 1 aromatic heterocycles. The van der Waals surface area contributed by atoms with Gasteiger partial charge in [0.15, 0.2) is 0 Å². The fourth-order valence-corrected chi connectivity index (χ4v) is 3.75. The topological polar surface area (TPSA) is 88.6 Å². The minimum Gasteiger partial charge on any atom is -0.508 e. The van der Waals surface area contributed by atoms with E-state index in [0.717, 1.165) is 16.1 Å². The Labute approximate surface area is 172 Å². The second-order valence-corrected chi connectivity index (χ2v) is 6.98. The SMILES string of the molecule is CCN=c1scc(-c2ccc(OC)cc2OC)n1N=C(C)c1ccc(O)cc1O. The van der Waals surface area contributed by atoms with E-state index in [1.165, 1.54) is 23.5 Å². The fourth-order valence-electron chi connectivity index (χ4n) is 2.87. The first-order valence-corrected chi connectivity index (χ1v) is 9.87. The zero-order valence-corrected chi connectivity index (χ0v) is 17.5. The number of benzene rings is 2. The van der Waals surface area contributed by atoms with Crippen LogP contribution in [0.4, 0.5) is 0 Å². The normalized spacial score (nSPS) is 12.3. The molecule has 0 saturated carbocycles. The lowest BCUT2D eigenvalue weighted by atomic mass is 10.1. The van der Waals surface area contributed by atoms with Gasteiger partial charge in [0.1, 0.15) is 23.0 Å². The van der Waals surface area contributed by atoms with Gasteiger partial charge in [-0.05, 0) is 38.1 Å². The first-order chi connectivity index (χ1) is 14.0. The molecule has 0 spiro atoms. The summed E-state index contributed by atoms with van der Waals surface area (Å²) in [6, 6.07) is 10.0. The molecule has 2 aromatic carbocycles. The van der Waals surface area contributed by atoms with Crippen LogP contribution in [0.1, 0.15) is 19.4 Å². The van der Waals surface area contributed by atoms with Crippen molar-refractivity contribution in [2.75, 3.05) is 20.8 Å². The summed E-state index contributed by atoms with van der Waals surface area (Å²) in [4.78, 5) is 5.25. The highest BCUT2D eigenvalue weighted by Gasteiger charge is 2.15. The summed E-state index contributed by atoms with van der Waals surface area (Å²) in [6.07, 6.45) is 0. The molecule has 152 valence electrons. The molecule has 8 heteroatoms. The molecule has 0 bridgehead atoms. The number of methoxy groups -OCH3 is 2. The molecule has 0 aliphatic carbocycles. The number of thiazole rings is 1. The third-order valence-electron chi connectivity index (χ3n) is 4.28. The van der Waals surface area contributed by atoms with Gasteiger partial charge in [-0.1, -0.05) is 0 Å². The summed E-state index contributed by atoms with van der Waals surface area (Å²) in [5.41, 5.74) is 2.75. The van der Waals surface area contributed by atoms with E-state index in [-0.39, 0.29) is 11.5 Å². The maximum atomic E-state index is 10.2. The molecule has 0 unspecified atom stereocenters. The van der Waals surface area contributed by atoms with Gasteiger partial charge in [0, 0.05) is 35.2 Å². The van der Waals surface area contributed by atoms with Crippen molar-refractivity contribution in [2.45, 2.75) is 13.8 Å². The largest absolute Gasteiger partial charge is 0.508 e. The minimum absolute atomic E-state index is 0.00688. The van der Waals surface area contributed by atoms with Gasteiger partial charge >= 0.3 is 0 Å². The molecule has 7 nitrogen and oxygen atoms in total. The second kappa shape index (κ2) is 8.83. The summed E-state index contributed by atoms with van der Waals surface area (Å²) in [5, 5.41) is 26.4. The highest BCUT2D eigenvalue weighted by Crippen LogP contribution is 2.34. The molecule has 0 fully saturated rings. The van der Waals surface area contributed by atoms with E-state index in [1.54, 1.807) is 31.9 Å². The van der Waals surface area contributed by atoms with Crippen LogP contribution in [0.5, 0.6) is 23.0 Å². The predicted molar refractivity (Wildman–Crippen MR) is 114 cm³/mol. The molecule has 0 radical (unpaired) electrons. The zero-order valence-electron chi connectivity index (χ0n) is 16.7. The molecule has 29 heavy (non-hydrogen) atoms. The van der Waals surface area contributed by atoms with Crippen molar-refractivity contribution in [1.82, 2.24) is 4.68 Å². The standard InChI is InChI=1S/C21H23N3O4S/c1-5-22-21-24(23-13(2)16-8-6-14(25)10-19(16)26)18(12-29-21)17-9-7-15(27-3)11-20(17)28-4/h6-12,25-26H,5H2,1-4H3. The molecule has 0 aliphatic heterocycles. The van der Waals surface area contributed by atoms with Gasteiger partial charge < -0.3 is 19.7 Å². The summed E-state index contributed by atoms with van der Waals surface area (Å²) >= 11 is 1.47. The van der Waals surface area contributed by atoms with E-state index in [1.807, 2.05) is 30.5 Å². The maximum absolute atomic E-state index is 10.2. The fraction of sp³-hybridized carbons (Fsp3) is 0.238. The van der Waals surface area contributed by atoms with Crippen molar-refractivity contribution in [3.63, 3.8) is 0 Å². The Kier molecular flexibility index (Phi) is 6.23. The van der Waals surface area contributed by atoms with Gasteiger partial charge in [0.05, 0.1) is 25.6 Å². The Morgan fingerprint density at radius 3 is 2.55 bits per heavy atom. The van der Waals surface area contributed by atoms with Crippen LogP contribution in [0, 0.1) is 0 Å². The molecule has 3 aromatic rings. The molecule has 0 saturated heterocycles. The number of phenols is 2. The molecule has 2 N–H and O–H groups in total. The third-order valence-corrected chi connectivity index (χ3v) is 5.14. The van der Waals surface area contributed by atoms with E-state index in [4.69, 9.17) is 14.6 Å². The van der Waals surface area contributed by atoms with Crippen LogP contribution in [0.3, 0.4) is 0 Å². The highest BCUT2D eigenvalue weighted by atomic mass is 32.1. The summed E-state index contributed by atoms with van der Waals surface area (Å²) in [5.74, 6) is 1.30. The molecule has 1 heterocycles. The van der Waals surface area contributed by atoms with Gasteiger partial charge in [0.25, 0.3) is 0 Å². The van der Waals surface area contributed by atoms with Gasteiger partial charge in [0.2, 0.25) is 4.80 Å². The van der Waals surface area contributed by atoms with E-state index in [2.05, 4.69) is 4.99 Å². The number of rotatable bonds is 6. The molecule has 0 atom stereocenters. The molecule has 3 rings (SSSR count). The Hall–Kier alpha value is -3.26. The van der Waals surface area contributed by atoms with E-state index < -0.39 is 0 Å². The Morgan fingerprint density at radius 2 is 1.90 bits per heavy atom. The van der Waals surface area contributed by atoms with Crippen LogP contribution in [0.25, 0.3) is 11.3 Å². The van der Waals surface area contributed by atoms with E-state index in [0.29, 0.717) is 29.3 Å². The van der Waals surface area contributed by atoms with Crippen LogP contribution in [0.2, 0.25) is 0 Å². The lowest BCUT2D eigenvalue weighted by Crippen LogP contribution is -2.14. The van der Waals surface area contributed by atoms with Crippen molar-refractivity contribution in [3.05, 3.63) is 52.1 Å². The Bertz CT molecular complexity index is 1120. The third kappa shape index (κ3) is 4.27. The number of aromatic hydroxyl groups is 2. The van der Waals surface area contributed by atoms with E-state index in [9.17, 15) is 10.2 Å². The molecule has 0 amide bonds. The molecular formula is C21H23N3O4S. The van der Waals surface area contributed by atoms with E-state index >= 15 is 0 Å². The van der Waals surface area contributed by atoms with Crippen molar-refractivity contribution in [3.8, 4) is 34.3 Å². The Balaban J connectivity index is 2.19. The van der Waals surface area contributed by atoms with Crippen molar-refractivity contribution in [1.29, 1.82) is 0 Å². The van der Waals surface area contributed by atoms with Gasteiger partial charge in [-0.15, -0.1) is 11.3 Å². The maximum Gasteiger partial charge on any atom is 0.206 e. The average molecular weight is 413 g/mol. The average Bonchev–Trinajstić information content (AvgIpc) is 3.09. The van der Waals surface area contributed by atoms with Gasteiger partial charge in [-0.3, -0.25) is 4.99 Å². The lowest BCUT2D eigenvalue weighted by Gasteiger charge is -2.12. The summed E-state index contributed by atoms with van der Waals surface area (Å²) in [6.45, 7) is 4.36. The highest BCUT2D eigenvalue weighted by molar-refractivity contribution is 7.07. The number of nitrogens with zero attached hydrogens (tertiary/aromatic N) is 3. The zero-order chi connectivity index (χ0) is 21.0. The second-order valence-electron chi connectivity index (χ2n) is 6.14. The summed E-state index contributed by atoms with van der Waals surface area (Å²) in [7, 11) is 3.21. The minimum atomic E-state index is -0.0420. The van der Waals surface area contributed by atoms with Crippen molar-refractivity contribution < 1.29 is 19.7 Å². The number of ether oxygens (including phenoxy) is 2. The van der Waals surface area contributed by atoms with Crippen LogP contribution in [0.15, 0.2) is 51.9 Å². The first-order valence-electron chi connectivity index (χ1n) is 8.99. The number of hydrogen-bond acceptors (Lipinski definition) is 7. The smallest absolute Gasteiger partial charge is 0.206 e. The Morgan fingerprint density at radius 1 is 1.10 bits per heavy atom. The van der Waals surface area contributed by atoms with Crippen LogP contribution >= 0.6 is 11.3 Å². The summed E-state index contributed by atoms with van der Waals surface area (Å²) < 4.78 is 12.6. The number of phenolic OH excluding ortho intramolecular Hbond substituents is 2. The molecule has 0 aliphatic rings. The molecular weight excluding hydrogens is 390 g/mol.